The van der Waals surface area contributed by atoms with E-state index in [-0.39, 0.29) is 17.5 Å². The lowest BCUT2D eigenvalue weighted by Gasteiger charge is -2.08. The highest BCUT2D eigenvalue weighted by molar-refractivity contribution is 8.00. The van der Waals surface area contributed by atoms with E-state index in [1.54, 1.807) is 17.0 Å². The highest BCUT2D eigenvalue weighted by Gasteiger charge is 2.27. The molecule has 0 radical (unpaired) electrons. The van der Waals surface area contributed by atoms with E-state index in [0.29, 0.717) is 6.54 Å². The van der Waals surface area contributed by atoms with Crippen LogP contribution in [0.5, 0.6) is 0 Å². The van der Waals surface area contributed by atoms with Crippen molar-refractivity contribution >= 4 is 23.1 Å². The Labute approximate surface area is 104 Å². The van der Waals surface area contributed by atoms with Crippen molar-refractivity contribution in [1.29, 1.82) is 0 Å². The molecule has 0 amide bonds. The molecular weight excluding hydrogens is 269 g/mol. The minimum absolute atomic E-state index is 0.00175. The summed E-state index contributed by atoms with van der Waals surface area (Å²) in [5.41, 5.74) is -4.16. The van der Waals surface area contributed by atoms with Crippen LogP contribution in [0.4, 0.5) is 13.2 Å². The van der Waals surface area contributed by atoms with Gasteiger partial charge in [-0.05, 0) is 23.2 Å². The van der Waals surface area contributed by atoms with E-state index in [0.717, 1.165) is 10.7 Å². The van der Waals surface area contributed by atoms with Crippen LogP contribution in [0.2, 0.25) is 0 Å². The molecule has 0 fully saturated rings. The molecule has 2 aromatic heterocycles. The van der Waals surface area contributed by atoms with Gasteiger partial charge in [0.15, 0.2) is 0 Å². The van der Waals surface area contributed by atoms with Gasteiger partial charge in [-0.1, -0.05) is 6.07 Å². The second-order valence-corrected chi connectivity index (χ2v) is 5.32. The smallest absolute Gasteiger partial charge is 0.329 e. The van der Waals surface area contributed by atoms with Crippen LogP contribution in [-0.4, -0.2) is 20.8 Å². The Kier molecular flexibility index (Phi) is 3.78. The van der Waals surface area contributed by atoms with Crippen molar-refractivity contribution in [3.8, 4) is 10.7 Å². The summed E-state index contributed by atoms with van der Waals surface area (Å²) in [7, 11) is 0. The largest absolute Gasteiger partial charge is 0.441 e. The van der Waals surface area contributed by atoms with Gasteiger partial charge < -0.3 is 4.57 Å². The Hall–Kier alpha value is -0.950. The molecular formula is C10H9F3N2S2. The van der Waals surface area contributed by atoms with Gasteiger partial charge in [-0.2, -0.15) is 13.2 Å². The van der Waals surface area contributed by atoms with Crippen molar-refractivity contribution in [3.63, 3.8) is 0 Å². The molecule has 7 heteroatoms. The lowest BCUT2D eigenvalue weighted by atomic mass is 10.4. The van der Waals surface area contributed by atoms with Crippen molar-refractivity contribution in [2.75, 3.05) is 5.75 Å². The molecule has 2 nitrogen and oxygen atoms in total. The summed E-state index contributed by atoms with van der Waals surface area (Å²) >= 11 is 1.51. The number of thiophene rings is 1. The summed E-state index contributed by atoms with van der Waals surface area (Å²) < 4.78 is 37.7. The fraction of sp³-hybridized carbons (Fsp3) is 0.300. The maximum atomic E-state index is 12.0. The first-order chi connectivity index (χ1) is 8.06. The molecule has 0 saturated heterocycles. The van der Waals surface area contributed by atoms with Crippen LogP contribution in [-0.2, 0) is 6.54 Å². The number of hydrogen-bond donors (Lipinski definition) is 0. The van der Waals surface area contributed by atoms with Crippen LogP contribution in [0, 0.1) is 0 Å². The highest BCUT2D eigenvalue weighted by atomic mass is 32.2. The molecule has 17 heavy (non-hydrogen) atoms. The molecule has 0 aliphatic rings. The van der Waals surface area contributed by atoms with Gasteiger partial charge in [0.2, 0.25) is 0 Å². The molecule has 0 aliphatic carbocycles. The van der Waals surface area contributed by atoms with Crippen molar-refractivity contribution in [3.05, 3.63) is 29.9 Å². The zero-order valence-corrected chi connectivity index (χ0v) is 10.3. The Bertz CT molecular complexity index is 462. The van der Waals surface area contributed by atoms with Crippen LogP contribution in [0.25, 0.3) is 10.7 Å². The van der Waals surface area contributed by atoms with E-state index in [9.17, 15) is 13.2 Å². The maximum absolute atomic E-state index is 12.0. The molecule has 0 bridgehead atoms. The first kappa shape index (κ1) is 12.5. The second kappa shape index (κ2) is 5.14. The van der Waals surface area contributed by atoms with E-state index >= 15 is 0 Å². The van der Waals surface area contributed by atoms with Gasteiger partial charge in [-0.3, -0.25) is 0 Å². The molecule has 0 aliphatic heterocycles. The van der Waals surface area contributed by atoms with Gasteiger partial charge in [0.25, 0.3) is 0 Å². The summed E-state index contributed by atoms with van der Waals surface area (Å²) in [6, 6.07) is 3.80. The Balaban J connectivity index is 2.01. The number of aryl methyl sites for hydroxylation is 1. The molecule has 2 aromatic rings. The first-order valence-electron chi connectivity index (χ1n) is 4.82. The van der Waals surface area contributed by atoms with Gasteiger partial charge in [0.05, 0.1) is 4.88 Å². The minimum Gasteiger partial charge on any atom is -0.329 e. The van der Waals surface area contributed by atoms with E-state index < -0.39 is 5.51 Å². The second-order valence-electron chi connectivity index (χ2n) is 3.22. The monoisotopic (exact) mass is 278 g/mol. The van der Waals surface area contributed by atoms with Crippen molar-refractivity contribution < 1.29 is 13.2 Å². The Morgan fingerprint density at radius 1 is 1.41 bits per heavy atom. The minimum atomic E-state index is -4.16. The predicted octanol–water partition coefficient (Wildman–Crippen LogP) is 3.86. The third-order valence-electron chi connectivity index (χ3n) is 2.05. The van der Waals surface area contributed by atoms with Crippen LogP contribution in [0.1, 0.15) is 0 Å². The van der Waals surface area contributed by atoms with Gasteiger partial charge in [0.1, 0.15) is 5.82 Å². The first-order valence-corrected chi connectivity index (χ1v) is 6.68. The van der Waals surface area contributed by atoms with Gasteiger partial charge in [-0.15, -0.1) is 11.3 Å². The van der Waals surface area contributed by atoms with Crippen LogP contribution in [0.15, 0.2) is 29.9 Å². The zero-order chi connectivity index (χ0) is 12.3. The standard InChI is InChI=1S/C10H9F3N2S2/c11-10(12,13)17-7-5-15-4-3-14-9(15)8-2-1-6-16-8/h1-4,6H,5,7H2. The number of alkyl halides is 3. The van der Waals surface area contributed by atoms with Crippen molar-refractivity contribution in [2.24, 2.45) is 0 Å². The summed E-state index contributed by atoms with van der Waals surface area (Å²) in [6.45, 7) is 0.303. The molecule has 0 atom stereocenters. The fourth-order valence-corrected chi connectivity index (χ4v) is 2.64. The van der Waals surface area contributed by atoms with Crippen molar-refractivity contribution in [1.82, 2.24) is 9.55 Å². The number of hydrogen-bond acceptors (Lipinski definition) is 3. The Morgan fingerprint density at radius 2 is 2.24 bits per heavy atom. The molecule has 0 aromatic carbocycles. The lowest BCUT2D eigenvalue weighted by Crippen LogP contribution is -2.07. The SMILES string of the molecule is FC(F)(F)SCCn1ccnc1-c1cccs1. The normalized spacial score (nSPS) is 11.9. The van der Waals surface area contributed by atoms with E-state index in [1.165, 1.54) is 11.3 Å². The van der Waals surface area contributed by atoms with Gasteiger partial charge in [-0.25, -0.2) is 4.98 Å². The number of halogens is 3. The summed E-state index contributed by atoms with van der Waals surface area (Å²) in [6.07, 6.45) is 3.30. The highest BCUT2D eigenvalue weighted by Crippen LogP contribution is 2.30. The van der Waals surface area contributed by atoms with E-state index in [1.807, 2.05) is 17.5 Å². The lowest BCUT2D eigenvalue weighted by molar-refractivity contribution is -0.0328. The molecule has 2 rings (SSSR count). The molecule has 0 saturated carbocycles. The maximum Gasteiger partial charge on any atom is 0.441 e. The summed E-state index contributed by atoms with van der Waals surface area (Å²) in [5, 5.41) is 1.92. The van der Waals surface area contributed by atoms with Gasteiger partial charge >= 0.3 is 5.51 Å². The van der Waals surface area contributed by atoms with Crippen LogP contribution in [0.3, 0.4) is 0 Å². The van der Waals surface area contributed by atoms with Crippen LogP contribution < -0.4 is 0 Å². The summed E-state index contributed by atoms with van der Waals surface area (Å²) in [5.74, 6) is 0.723. The molecule has 92 valence electrons. The molecule has 2 heterocycles. The predicted molar refractivity (Wildman–Crippen MR) is 64.1 cm³/mol. The third kappa shape index (κ3) is 3.50. The van der Waals surface area contributed by atoms with Crippen LogP contribution >= 0.6 is 23.1 Å². The van der Waals surface area contributed by atoms with Gasteiger partial charge in [0, 0.05) is 24.7 Å². The number of thioether (sulfide) groups is 1. The summed E-state index contributed by atoms with van der Waals surface area (Å²) in [4.78, 5) is 5.12. The molecule has 0 unspecified atom stereocenters. The number of aromatic nitrogens is 2. The number of nitrogens with zero attached hydrogens (tertiary/aromatic N) is 2. The van der Waals surface area contributed by atoms with E-state index in [2.05, 4.69) is 4.98 Å². The molecule has 0 N–H and O–H groups in total. The Morgan fingerprint density at radius 3 is 2.88 bits per heavy atom. The molecule has 0 spiro atoms. The fourth-order valence-electron chi connectivity index (χ4n) is 1.38. The number of rotatable bonds is 4. The average molecular weight is 278 g/mol. The average Bonchev–Trinajstić information content (AvgIpc) is 2.82. The van der Waals surface area contributed by atoms with Crippen molar-refractivity contribution in [2.45, 2.75) is 12.1 Å². The zero-order valence-electron chi connectivity index (χ0n) is 8.65. The number of imidazole rings is 1. The third-order valence-corrected chi connectivity index (χ3v) is 3.63. The topological polar surface area (TPSA) is 17.8 Å². The van der Waals surface area contributed by atoms with E-state index in [4.69, 9.17) is 0 Å². The quantitative estimate of drug-likeness (QED) is 0.845.